The van der Waals surface area contributed by atoms with Crippen LogP contribution in [0.4, 0.5) is 10.6 Å². The molecule has 5 heterocycles. The van der Waals surface area contributed by atoms with Crippen molar-refractivity contribution in [3.8, 4) is 17.3 Å². The topological polar surface area (TPSA) is 112 Å². The van der Waals surface area contributed by atoms with Gasteiger partial charge in [-0.05, 0) is 58.9 Å². The van der Waals surface area contributed by atoms with Gasteiger partial charge in [-0.1, -0.05) is 6.07 Å². The van der Waals surface area contributed by atoms with Gasteiger partial charge in [0.15, 0.2) is 5.65 Å². The van der Waals surface area contributed by atoms with Crippen LogP contribution >= 0.6 is 0 Å². The number of nitrogens with zero attached hydrogens (tertiary/aromatic N) is 7. The Kier molecular flexibility index (Phi) is 6.53. The highest BCUT2D eigenvalue weighted by molar-refractivity contribution is 6.02. The van der Waals surface area contributed by atoms with Gasteiger partial charge < -0.3 is 19.9 Å². The Morgan fingerprint density at radius 3 is 2.68 bits per heavy atom. The Bertz CT molecular complexity index is 1460. The highest BCUT2D eigenvalue weighted by atomic mass is 16.6. The number of aromatic nitrogens is 4. The number of nitrogens with one attached hydrogen (secondary N) is 1. The number of rotatable bonds is 3. The van der Waals surface area contributed by atoms with Crippen LogP contribution in [0.5, 0.6) is 0 Å². The fraction of sp³-hybridized carbons (Fsp3) is 0.393. The number of nitriles is 1. The number of hydrogen-bond donors (Lipinski definition) is 1. The first kappa shape index (κ1) is 25.3. The molecule has 3 aromatic heterocycles. The largest absolute Gasteiger partial charge is 0.444 e. The van der Waals surface area contributed by atoms with Gasteiger partial charge in [-0.3, -0.25) is 9.55 Å². The quantitative estimate of drug-likeness (QED) is 0.556. The van der Waals surface area contributed by atoms with Crippen LogP contribution in [0.15, 0.2) is 54.6 Å². The number of pyridine rings is 1. The fourth-order valence-electron chi connectivity index (χ4n) is 4.92. The predicted octanol–water partition coefficient (Wildman–Crippen LogP) is 4.18. The molecule has 0 aliphatic carbocycles. The van der Waals surface area contributed by atoms with Crippen LogP contribution in [0, 0.1) is 11.3 Å². The van der Waals surface area contributed by atoms with Gasteiger partial charge in [0.05, 0.1) is 22.7 Å². The van der Waals surface area contributed by atoms with Crippen LogP contribution in [0.1, 0.15) is 34.6 Å². The van der Waals surface area contributed by atoms with Crippen LogP contribution in [-0.2, 0) is 4.74 Å². The van der Waals surface area contributed by atoms with E-state index >= 15 is 0 Å². The summed E-state index contributed by atoms with van der Waals surface area (Å²) < 4.78 is 7.62. The molecule has 10 nitrogen and oxygen atoms in total. The van der Waals surface area contributed by atoms with Crippen LogP contribution in [0.3, 0.4) is 0 Å². The molecule has 1 N–H and O–H groups in total. The number of anilines is 1. The lowest BCUT2D eigenvalue weighted by Crippen LogP contribution is -2.59. The second-order valence-electron chi connectivity index (χ2n) is 10.7. The molecule has 10 heteroatoms. The maximum atomic E-state index is 12.9. The molecule has 2 aliphatic heterocycles. The van der Waals surface area contributed by atoms with E-state index in [1.54, 1.807) is 17.4 Å². The lowest BCUT2D eigenvalue weighted by Gasteiger charge is -2.44. The van der Waals surface area contributed by atoms with Gasteiger partial charge in [0, 0.05) is 49.7 Å². The van der Waals surface area contributed by atoms with Crippen LogP contribution in [0.25, 0.3) is 28.1 Å². The molecule has 0 radical (unpaired) electrons. The van der Waals surface area contributed by atoms with Gasteiger partial charge in [-0.2, -0.15) is 5.26 Å². The van der Waals surface area contributed by atoms with Gasteiger partial charge >= 0.3 is 6.09 Å². The normalized spacial score (nSPS) is 19.9. The minimum absolute atomic E-state index is 0.0168. The summed E-state index contributed by atoms with van der Waals surface area (Å²) in [4.78, 5) is 31.0. The van der Waals surface area contributed by atoms with E-state index in [1.807, 2.05) is 68.8 Å². The SMILES string of the molecule is C[C@@H]1CN(c2ncnc3c2c(-c2ccccn2)cn3C2=CC(C#N)=CCN2)[C@@H](C)CN1C(=O)OC(C)(C)C. The van der Waals surface area contributed by atoms with Crippen LogP contribution in [-0.4, -0.2) is 67.8 Å². The number of fused-ring (bicyclic) bond motifs is 1. The molecule has 38 heavy (non-hydrogen) atoms. The molecule has 0 aromatic carbocycles. The second-order valence-corrected chi connectivity index (χ2v) is 10.7. The van der Waals surface area contributed by atoms with Crippen molar-refractivity contribution in [3.63, 3.8) is 0 Å². The summed E-state index contributed by atoms with van der Waals surface area (Å²) in [6, 6.07) is 7.92. The first-order valence-corrected chi connectivity index (χ1v) is 12.8. The van der Waals surface area contributed by atoms with Crippen molar-refractivity contribution in [1.82, 2.24) is 29.7 Å². The molecule has 196 valence electrons. The van der Waals surface area contributed by atoms with E-state index in [2.05, 4.69) is 33.2 Å². The molecular formula is C28H32N8O2. The van der Waals surface area contributed by atoms with E-state index in [4.69, 9.17) is 9.72 Å². The third-order valence-corrected chi connectivity index (χ3v) is 6.68. The molecule has 0 bridgehead atoms. The van der Waals surface area contributed by atoms with E-state index in [1.165, 1.54) is 0 Å². The average molecular weight is 513 g/mol. The third kappa shape index (κ3) is 4.79. The monoisotopic (exact) mass is 512 g/mol. The summed E-state index contributed by atoms with van der Waals surface area (Å²) in [6.07, 6.45) is 8.69. The van der Waals surface area contributed by atoms with Gasteiger partial charge in [-0.15, -0.1) is 0 Å². The van der Waals surface area contributed by atoms with Crippen molar-refractivity contribution in [2.24, 2.45) is 0 Å². The summed E-state index contributed by atoms with van der Waals surface area (Å²) in [5, 5.41) is 13.7. The maximum absolute atomic E-state index is 12.9. The lowest BCUT2D eigenvalue weighted by molar-refractivity contribution is 0.0130. The molecule has 2 aliphatic rings. The molecule has 2 atom stereocenters. The van der Waals surface area contributed by atoms with Crippen LogP contribution in [0.2, 0.25) is 0 Å². The highest BCUT2D eigenvalue weighted by Gasteiger charge is 2.36. The third-order valence-electron chi connectivity index (χ3n) is 6.68. The van der Waals surface area contributed by atoms with Gasteiger partial charge in [-0.25, -0.2) is 14.8 Å². The molecule has 1 fully saturated rings. The summed E-state index contributed by atoms with van der Waals surface area (Å²) in [5.74, 6) is 1.54. The van der Waals surface area contributed by atoms with Gasteiger partial charge in [0.1, 0.15) is 23.6 Å². The summed E-state index contributed by atoms with van der Waals surface area (Å²) in [5.41, 5.74) is 2.44. The van der Waals surface area contributed by atoms with Crippen molar-refractivity contribution in [2.75, 3.05) is 24.5 Å². The van der Waals surface area contributed by atoms with Crippen molar-refractivity contribution < 1.29 is 9.53 Å². The lowest BCUT2D eigenvalue weighted by atomic mass is 10.1. The number of dihydropyridines is 1. The second kappa shape index (κ2) is 9.82. The number of allylic oxidation sites excluding steroid dienone is 2. The molecule has 5 rings (SSSR count). The zero-order chi connectivity index (χ0) is 27.0. The Labute approximate surface area is 222 Å². The van der Waals surface area contributed by atoms with E-state index in [9.17, 15) is 10.1 Å². The highest BCUT2D eigenvalue weighted by Crippen LogP contribution is 2.37. The first-order chi connectivity index (χ1) is 18.2. The molecule has 1 amide bonds. The maximum Gasteiger partial charge on any atom is 0.410 e. The van der Waals surface area contributed by atoms with Crippen molar-refractivity contribution in [2.45, 2.75) is 52.3 Å². The number of hydrogen-bond acceptors (Lipinski definition) is 8. The minimum atomic E-state index is -0.557. The molecule has 0 spiro atoms. The molecule has 3 aromatic rings. The smallest absolute Gasteiger partial charge is 0.410 e. The molecule has 0 saturated carbocycles. The van der Waals surface area contributed by atoms with Gasteiger partial charge in [0.25, 0.3) is 0 Å². The number of carbonyl (C=O) groups excluding carboxylic acids is 1. The Balaban J connectivity index is 1.60. The Morgan fingerprint density at radius 2 is 1.97 bits per heavy atom. The zero-order valence-electron chi connectivity index (χ0n) is 22.3. The van der Waals surface area contributed by atoms with E-state index < -0.39 is 5.60 Å². The summed E-state index contributed by atoms with van der Waals surface area (Å²) in [7, 11) is 0. The summed E-state index contributed by atoms with van der Waals surface area (Å²) in [6.45, 7) is 11.4. The number of carbonyl (C=O) groups is 1. The minimum Gasteiger partial charge on any atom is -0.444 e. The Hall–Kier alpha value is -4.39. The number of amides is 1. The molecular weight excluding hydrogens is 480 g/mol. The molecule has 0 unspecified atom stereocenters. The van der Waals surface area contributed by atoms with Gasteiger partial charge in [0.2, 0.25) is 0 Å². The number of ether oxygens (including phenoxy) is 1. The molecule has 1 saturated heterocycles. The van der Waals surface area contributed by atoms with E-state index in [-0.39, 0.29) is 18.2 Å². The summed E-state index contributed by atoms with van der Waals surface area (Å²) >= 11 is 0. The fourth-order valence-corrected chi connectivity index (χ4v) is 4.92. The number of piperazine rings is 1. The standard InChI is InChI=1S/C28H32N8O2/c1-18-15-35(27(37)38-28(3,4)5)19(2)14-34(18)25-24-21(22-8-6-7-10-30-22)16-36(26(24)33-17-32-25)23-12-20(13-29)9-11-31-23/h6-10,12,16-19,31H,11,14-15H2,1-5H3/t18-,19+/m0/s1. The van der Waals surface area contributed by atoms with Crippen molar-refractivity contribution in [1.29, 1.82) is 5.26 Å². The first-order valence-electron chi connectivity index (χ1n) is 12.8. The van der Waals surface area contributed by atoms with E-state index in [0.29, 0.717) is 30.9 Å². The van der Waals surface area contributed by atoms with E-state index in [0.717, 1.165) is 28.3 Å². The predicted molar refractivity (Wildman–Crippen MR) is 146 cm³/mol. The zero-order valence-corrected chi connectivity index (χ0v) is 22.3. The van der Waals surface area contributed by atoms with Crippen molar-refractivity contribution >= 4 is 28.8 Å². The van der Waals surface area contributed by atoms with Crippen molar-refractivity contribution in [3.05, 3.63) is 54.6 Å². The average Bonchev–Trinajstić information content (AvgIpc) is 3.29. The van der Waals surface area contributed by atoms with Crippen LogP contribution < -0.4 is 10.2 Å². The Morgan fingerprint density at radius 1 is 1.16 bits per heavy atom.